The van der Waals surface area contributed by atoms with Crippen LogP contribution < -0.4 is 16.0 Å². The fourth-order valence-electron chi connectivity index (χ4n) is 24.5. The summed E-state index contributed by atoms with van der Waals surface area (Å²) in [5, 5.41) is 49.1. The van der Waals surface area contributed by atoms with Crippen molar-refractivity contribution in [2.24, 2.45) is 47.3 Å². The molecule has 0 bridgehead atoms. The molecule has 15 aliphatic rings. The Morgan fingerprint density at radius 2 is 0.773 bits per heavy atom. The number of likely N-dealkylation sites (N-methyl/N-ethyl adjacent to an activating group) is 3. The van der Waals surface area contributed by atoms with E-state index in [4.69, 9.17) is 14.2 Å². The molecule has 9 amide bonds. The number of ether oxygens (including phenoxy) is 3. The first-order valence-electron chi connectivity index (χ1n) is 46.3. The Bertz CT molecular complexity index is 5870. The maximum atomic E-state index is 14.6. The van der Waals surface area contributed by atoms with Gasteiger partial charge in [0.1, 0.15) is 36.3 Å². The van der Waals surface area contributed by atoms with Crippen LogP contribution in [0.15, 0.2) is 122 Å². The van der Waals surface area contributed by atoms with Gasteiger partial charge >= 0.3 is 0 Å². The van der Waals surface area contributed by atoms with Gasteiger partial charge in [0.05, 0.1) is 17.8 Å². The molecule has 4 aromatic carbocycles. The summed E-state index contributed by atoms with van der Waals surface area (Å²) in [6.45, 7) is 21.5. The lowest BCUT2D eigenvalue weighted by molar-refractivity contribution is -0.323. The molecule has 30 nitrogen and oxygen atoms in total. The molecule has 0 radical (unpaired) electrons. The van der Waals surface area contributed by atoms with Crippen LogP contribution in [0.1, 0.15) is 153 Å². The summed E-state index contributed by atoms with van der Waals surface area (Å²) in [5.74, 6) is -12.6. The molecule has 18 atom stereocenters. The predicted molar refractivity (Wildman–Crippen MR) is 475 cm³/mol. The lowest BCUT2D eigenvalue weighted by atomic mass is 9.79. The number of hydrogen-bond acceptors (Lipinski definition) is 18. The Hall–Kier alpha value is -10.4. The van der Waals surface area contributed by atoms with Gasteiger partial charge in [-0.1, -0.05) is 154 Å². The van der Waals surface area contributed by atoms with Crippen LogP contribution in [-0.2, 0) is 83.0 Å². The van der Waals surface area contributed by atoms with E-state index in [0.29, 0.717) is 77.8 Å². The summed E-state index contributed by atoms with van der Waals surface area (Å²) >= 11 is 0. The zero-order valence-electron chi connectivity index (χ0n) is 75.1. The number of amides is 9. The number of piperazine rings is 3. The topological polar surface area (TPSA) is 355 Å². The number of nitrogens with zero attached hydrogens (tertiary/aromatic N) is 9. The number of benzene rings is 4. The van der Waals surface area contributed by atoms with Crippen LogP contribution >= 0.6 is 0 Å². The fraction of sp³-hybridized carbons (Fsp3) is 0.541. The normalized spacial score (nSPS) is 33.8. The van der Waals surface area contributed by atoms with Gasteiger partial charge in [-0.05, 0) is 171 Å². The number of aromatic amines is 3. The number of fused-ring (bicyclic) bond motifs is 15. The highest BCUT2D eigenvalue weighted by Gasteiger charge is 2.76. The average Bonchev–Trinajstić information content (AvgIpc) is 1.54. The number of aliphatic hydroxyl groups is 3. The third-order valence-electron chi connectivity index (χ3n) is 31.0. The summed E-state index contributed by atoms with van der Waals surface area (Å²) in [5.41, 5.74) is 9.17. The number of rotatable bonds is 14. The monoisotopic (exact) mass is 1750 g/mol. The van der Waals surface area contributed by atoms with Gasteiger partial charge in [0, 0.05) is 133 Å². The van der Waals surface area contributed by atoms with Gasteiger partial charge in [0.15, 0.2) is 0 Å². The number of H-pyrrole nitrogens is 3. The summed E-state index contributed by atoms with van der Waals surface area (Å²) in [7, 11) is 6.09. The minimum Gasteiger partial charge on any atom is -0.361 e. The van der Waals surface area contributed by atoms with Crippen LogP contribution in [-0.4, -0.2) is 277 Å². The Kier molecular flexibility index (Phi) is 20.7. The number of carbonyl (C=O) groups is 9. The van der Waals surface area contributed by atoms with E-state index in [1.807, 2.05) is 129 Å². The number of carbonyl (C=O) groups excluding carboxylic acids is 9. The average molecular weight is 1750 g/mol. The second kappa shape index (κ2) is 30.9. The minimum atomic E-state index is -2.06. The molecule has 0 spiro atoms. The minimum absolute atomic E-state index is 0.108. The van der Waals surface area contributed by atoms with Crippen LogP contribution in [0, 0.1) is 47.3 Å². The van der Waals surface area contributed by atoms with E-state index < -0.39 is 124 Å². The second-order valence-electron chi connectivity index (χ2n) is 40.3. The van der Waals surface area contributed by atoms with Crippen LogP contribution in [0.2, 0.25) is 0 Å². The first-order chi connectivity index (χ1) is 61.1. The Morgan fingerprint density at radius 1 is 0.438 bits per heavy atom. The van der Waals surface area contributed by atoms with Gasteiger partial charge in [0.2, 0.25) is 52.6 Å². The molecule has 676 valence electrons. The van der Waals surface area contributed by atoms with Crippen molar-refractivity contribution in [1.82, 2.24) is 75.0 Å². The summed E-state index contributed by atoms with van der Waals surface area (Å²) < 4.78 is 19.3. The van der Waals surface area contributed by atoms with Gasteiger partial charge in [0.25, 0.3) is 35.5 Å². The molecule has 22 rings (SSSR count). The molecule has 30 heteroatoms. The maximum Gasteiger partial charge on any atom is 0.281 e. The molecule has 3 unspecified atom stereocenters. The smallest absolute Gasteiger partial charge is 0.281 e. The van der Waals surface area contributed by atoms with Crippen molar-refractivity contribution in [3.8, 4) is 0 Å². The fourth-order valence-corrected chi connectivity index (χ4v) is 24.5. The van der Waals surface area contributed by atoms with E-state index in [9.17, 15) is 58.5 Å². The second-order valence-corrected chi connectivity index (χ2v) is 40.3. The van der Waals surface area contributed by atoms with E-state index in [1.54, 1.807) is 42.4 Å². The number of hydrogen-bond donors (Lipinski definition) is 9. The highest BCUT2D eigenvalue weighted by molar-refractivity contribution is 6.05. The largest absolute Gasteiger partial charge is 0.361 e. The van der Waals surface area contributed by atoms with Crippen LogP contribution in [0.4, 0.5) is 0 Å². The molecule has 9 fully saturated rings. The first kappa shape index (κ1) is 85.7. The quantitative estimate of drug-likeness (QED) is 0.0524. The maximum absolute atomic E-state index is 14.6. The molecular formula is C98H119N15O15. The first-order valence-corrected chi connectivity index (χ1v) is 46.3. The van der Waals surface area contributed by atoms with Gasteiger partial charge in [-0.3, -0.25) is 86.8 Å². The van der Waals surface area contributed by atoms with Crippen molar-refractivity contribution in [2.45, 2.75) is 229 Å². The van der Waals surface area contributed by atoms with E-state index >= 15 is 0 Å². The Morgan fingerprint density at radius 3 is 1.12 bits per heavy atom. The van der Waals surface area contributed by atoms with E-state index in [2.05, 4.69) is 101 Å². The Labute approximate surface area is 744 Å². The summed E-state index contributed by atoms with van der Waals surface area (Å²) in [4.78, 5) is 152. The Balaban J connectivity index is 0.000000121. The highest BCUT2D eigenvalue weighted by atomic mass is 16.7. The molecule has 128 heavy (non-hydrogen) atoms. The van der Waals surface area contributed by atoms with Gasteiger partial charge in [-0.15, -0.1) is 0 Å². The third kappa shape index (κ3) is 12.7. The molecule has 9 saturated heterocycles. The van der Waals surface area contributed by atoms with Crippen molar-refractivity contribution < 1.29 is 72.7 Å². The number of nitrogens with one attached hydrogen (secondary N) is 6. The van der Waals surface area contributed by atoms with Crippen molar-refractivity contribution >= 4 is 103 Å². The third-order valence-corrected chi connectivity index (χ3v) is 31.0. The van der Waals surface area contributed by atoms with Crippen LogP contribution in [0.5, 0.6) is 0 Å². The van der Waals surface area contributed by atoms with E-state index in [-0.39, 0.29) is 71.8 Å². The predicted octanol–water partition coefficient (Wildman–Crippen LogP) is 7.10. The SMILES string of the molecule is CC(C)C[C@H]1C(=O)N2CCC[C@H]2[C@]2(O)O[C@](NC(=O)C3C=C4c5cccc6[nH]cc(c56)C[C@H]4N(C)C3)(C(C)C)C(=O)N12.CC(C)[C@@]1(NC(=O)C2C=C3c4cccc5[nH]cc(c45)C[C@H]3N(C)C2)O[C@@]2(O)[C@@H]3CCCN3C(=O)[C@H](Cc3ccccc3)N2C1=O.CC(C)[C@H]1C(=O)N2CCC[C@H]2[C@]2(O)O[C@](NC(=O)C3C=C4c5cccc6[nH]cc(c56)C[C@H]4N(C)C3)(C(C)C)C(=O)N12. The van der Waals surface area contributed by atoms with Gasteiger partial charge in [-0.2, -0.15) is 0 Å². The zero-order valence-corrected chi connectivity index (χ0v) is 75.1. The molecule has 12 aliphatic heterocycles. The summed E-state index contributed by atoms with van der Waals surface area (Å²) in [6, 6.07) is 23.8. The molecule has 3 aliphatic carbocycles. The molecular weight excluding hydrogens is 1630 g/mol. The molecule has 3 aromatic heterocycles. The highest BCUT2D eigenvalue weighted by Crippen LogP contribution is 2.54. The van der Waals surface area contributed by atoms with Crippen molar-refractivity contribution in [2.75, 3.05) is 60.4 Å². The molecule has 7 aromatic rings. The zero-order chi connectivity index (χ0) is 90.0. The standard InChI is InChI=1S/C35H39N5O5.C32H41N5O5.C31H39N5O5/c1-20(2)34(37-31(41)23-16-25-24-11-7-12-26-30(24)22(18-36-26)17-27(25)38(3)19-23)33(43)40-28(15-21-9-5-4-6-10-21)32(42)39-14-8-13-29(39)35(40,44)45-34;1-17(2)12-25-29(39)36-11-7-10-26(36)32(41)37(25)30(40)31(42-32,18(3)4)34-28(38)20-13-22-21-8-6-9-23-27(21)19(15-33-23)14-24(22)35(5)16-20;1-16(2)26-28(38)35-11-7-10-24(35)31(40)36(26)29(39)30(41-31,17(3)4)33-27(37)19-12-21-20-8-6-9-22-25(20)18(14-32-22)13-23(21)34(5)15-19/h4-7,9-12,16,18,20,23,27-29,36,44H,8,13-15,17,19H2,1-3H3,(H,37,41);6,8-9,13,15,17-18,20,24-26,33,41H,7,10-12,14,16H2,1-5H3,(H,34,38);6,8-9,12,14,16-17,19,23-24,26,32,40H,7,10-11,13,15H2,1-5H3,(H,33,37)/t23?,27-,28+,29+,34-,35+;20?,24-,25+,26+,31-,32+;19?,23-,24+,26+,30-,31+/m111/s1. The number of aromatic nitrogens is 3. The van der Waals surface area contributed by atoms with Crippen LogP contribution in [0.25, 0.3) is 49.4 Å². The van der Waals surface area contributed by atoms with Gasteiger partial charge in [-0.25, -0.2) is 0 Å². The summed E-state index contributed by atoms with van der Waals surface area (Å²) in [6.07, 6.45) is 19.2. The van der Waals surface area contributed by atoms with Crippen LogP contribution in [0.3, 0.4) is 0 Å². The van der Waals surface area contributed by atoms with E-state index in [1.165, 1.54) is 47.5 Å². The lowest BCUT2D eigenvalue weighted by Gasteiger charge is -2.49. The van der Waals surface area contributed by atoms with Gasteiger partial charge < -0.3 is 60.9 Å². The molecule has 15 heterocycles. The van der Waals surface area contributed by atoms with E-state index in [0.717, 1.165) is 81.2 Å². The van der Waals surface area contributed by atoms with Crippen molar-refractivity contribution in [1.29, 1.82) is 0 Å². The van der Waals surface area contributed by atoms with Crippen molar-refractivity contribution in [3.63, 3.8) is 0 Å². The lowest BCUT2D eigenvalue weighted by Crippen LogP contribution is -2.72. The van der Waals surface area contributed by atoms with Crippen molar-refractivity contribution in [3.05, 3.63) is 161 Å². The molecule has 0 saturated carbocycles. The molecule has 9 N–H and O–H groups in total.